The van der Waals surface area contributed by atoms with Gasteiger partial charge < -0.3 is 0 Å². The second-order valence-corrected chi connectivity index (χ2v) is 2.98. The van der Waals surface area contributed by atoms with Crippen molar-refractivity contribution in [2.24, 2.45) is 5.10 Å². The molecule has 1 saturated carbocycles. The molecular formula is C8H11N2O+. The summed E-state index contributed by atoms with van der Waals surface area (Å²) in [5.74, 6) is 0.0469. The molecule has 3 heteroatoms. The van der Waals surface area contributed by atoms with Crippen LogP contribution in [0.4, 0.5) is 0 Å². The van der Waals surface area contributed by atoms with E-state index in [9.17, 15) is 4.79 Å². The Bertz CT molecular complexity index is 253. The molecule has 0 aromatic rings. The average Bonchev–Trinajstić information content (AvgIpc) is 2.04. The lowest BCUT2D eigenvalue weighted by Gasteiger charge is -2.16. The topological polar surface area (TPSA) is 46.0 Å². The number of carbonyl (C=O) groups excluding carboxylic acids is 1. The number of quaternary nitrogens is 1. The minimum absolute atomic E-state index is 0.0469. The molecule has 58 valence electrons. The van der Waals surface area contributed by atoms with Crippen molar-refractivity contribution in [2.45, 2.75) is 25.7 Å². The van der Waals surface area contributed by atoms with Gasteiger partial charge in [0.15, 0.2) is 0 Å². The van der Waals surface area contributed by atoms with E-state index < -0.39 is 0 Å². The first-order chi connectivity index (χ1) is 5.36. The maximum Gasteiger partial charge on any atom is 0.361 e. The minimum atomic E-state index is 0.0469. The Kier molecular flexibility index (Phi) is 1.58. The largest absolute Gasteiger partial charge is 0.361 e. The Labute approximate surface area is 65.2 Å². The van der Waals surface area contributed by atoms with E-state index in [1.54, 1.807) is 6.08 Å². The quantitative estimate of drug-likeness (QED) is 0.485. The molecule has 0 spiro atoms. The molecule has 1 amide bonds. The van der Waals surface area contributed by atoms with Gasteiger partial charge in [-0.05, 0) is 31.3 Å². The fourth-order valence-corrected chi connectivity index (χ4v) is 1.57. The van der Waals surface area contributed by atoms with Gasteiger partial charge in [-0.25, -0.2) is 4.79 Å². The van der Waals surface area contributed by atoms with Crippen LogP contribution in [0.5, 0.6) is 0 Å². The summed E-state index contributed by atoms with van der Waals surface area (Å²) < 4.78 is 0. The van der Waals surface area contributed by atoms with E-state index in [0.717, 1.165) is 18.6 Å². The molecule has 1 aliphatic heterocycles. The van der Waals surface area contributed by atoms with E-state index in [4.69, 9.17) is 0 Å². The molecular weight excluding hydrogens is 140 g/mol. The molecule has 3 nitrogen and oxygen atoms in total. The van der Waals surface area contributed by atoms with Crippen LogP contribution in [0.1, 0.15) is 25.7 Å². The normalized spacial score (nSPS) is 23.8. The number of nitrogens with two attached hydrogens (primary N) is 1. The zero-order valence-corrected chi connectivity index (χ0v) is 6.34. The number of amides is 1. The molecule has 0 aromatic heterocycles. The Balaban J connectivity index is 2.26. The molecule has 0 radical (unpaired) electrons. The summed E-state index contributed by atoms with van der Waals surface area (Å²) in [5.41, 5.74) is 3.73. The summed E-state index contributed by atoms with van der Waals surface area (Å²) in [6.45, 7) is 0. The van der Waals surface area contributed by atoms with E-state index in [-0.39, 0.29) is 5.91 Å². The fourth-order valence-electron chi connectivity index (χ4n) is 1.57. The highest BCUT2D eigenvalue weighted by atomic mass is 16.2. The molecule has 0 saturated heterocycles. The van der Waals surface area contributed by atoms with E-state index in [1.807, 2.05) is 0 Å². The molecule has 2 rings (SSSR count). The molecule has 0 unspecified atom stereocenters. The molecule has 11 heavy (non-hydrogen) atoms. The van der Waals surface area contributed by atoms with Crippen LogP contribution >= 0.6 is 0 Å². The van der Waals surface area contributed by atoms with Gasteiger partial charge in [0.1, 0.15) is 0 Å². The van der Waals surface area contributed by atoms with E-state index in [2.05, 4.69) is 5.10 Å². The molecule has 2 aliphatic rings. The van der Waals surface area contributed by atoms with Crippen molar-refractivity contribution < 1.29 is 10.2 Å². The van der Waals surface area contributed by atoms with Gasteiger partial charge in [0.05, 0.1) is 11.8 Å². The van der Waals surface area contributed by atoms with Crippen molar-refractivity contribution in [1.82, 2.24) is 0 Å². The van der Waals surface area contributed by atoms with Crippen LogP contribution in [0.2, 0.25) is 0 Å². The van der Waals surface area contributed by atoms with Crippen molar-refractivity contribution in [3.05, 3.63) is 11.6 Å². The second kappa shape index (κ2) is 2.58. The van der Waals surface area contributed by atoms with Crippen LogP contribution in [-0.2, 0) is 4.79 Å². The van der Waals surface area contributed by atoms with Crippen LogP contribution in [0.25, 0.3) is 0 Å². The van der Waals surface area contributed by atoms with E-state index in [1.165, 1.54) is 23.8 Å². The molecule has 1 fully saturated rings. The second-order valence-electron chi connectivity index (χ2n) is 2.98. The number of allylic oxidation sites excluding steroid dienone is 1. The van der Waals surface area contributed by atoms with Gasteiger partial charge >= 0.3 is 5.91 Å². The maximum absolute atomic E-state index is 10.9. The summed E-state index contributed by atoms with van der Waals surface area (Å²) >= 11 is 0. The van der Waals surface area contributed by atoms with Gasteiger partial charge in [-0.1, -0.05) is 5.10 Å². The Morgan fingerprint density at radius 2 is 2.18 bits per heavy atom. The van der Waals surface area contributed by atoms with Gasteiger partial charge in [-0.3, -0.25) is 0 Å². The standard InChI is InChI=1S/C8H10N2O/c11-8-5-6-3-1-2-4-7(6)9-10-8/h5H,1-4H2,(H,10,11)/p+1. The maximum atomic E-state index is 10.9. The van der Waals surface area contributed by atoms with Crippen molar-refractivity contribution in [2.75, 3.05) is 0 Å². The number of fused-ring (bicyclic) bond motifs is 1. The molecule has 1 heterocycles. The molecule has 0 atom stereocenters. The molecule has 1 aliphatic carbocycles. The first-order valence-corrected chi connectivity index (χ1v) is 4.01. The van der Waals surface area contributed by atoms with Crippen LogP contribution < -0.4 is 5.43 Å². The van der Waals surface area contributed by atoms with Crippen molar-refractivity contribution in [3.63, 3.8) is 0 Å². The number of nitrogens with zero attached hydrogens (tertiary/aromatic N) is 1. The predicted molar refractivity (Wildman–Crippen MR) is 40.9 cm³/mol. The lowest BCUT2D eigenvalue weighted by Crippen LogP contribution is -2.83. The number of hydrogen-bond donors (Lipinski definition) is 1. The fraction of sp³-hybridized carbons (Fsp3) is 0.500. The zero-order valence-electron chi connectivity index (χ0n) is 6.34. The Morgan fingerprint density at radius 3 is 3.09 bits per heavy atom. The van der Waals surface area contributed by atoms with Crippen molar-refractivity contribution in [1.29, 1.82) is 0 Å². The van der Waals surface area contributed by atoms with Gasteiger partial charge in [-0.2, -0.15) is 5.43 Å². The van der Waals surface area contributed by atoms with Gasteiger partial charge in [0.2, 0.25) is 0 Å². The van der Waals surface area contributed by atoms with E-state index in [0.29, 0.717) is 0 Å². The lowest BCUT2D eigenvalue weighted by molar-refractivity contribution is -0.570. The van der Waals surface area contributed by atoms with Crippen LogP contribution in [-0.4, -0.2) is 11.6 Å². The van der Waals surface area contributed by atoms with Gasteiger partial charge in [-0.15, -0.1) is 0 Å². The molecule has 2 N–H and O–H groups in total. The average molecular weight is 151 g/mol. The highest BCUT2D eigenvalue weighted by Crippen LogP contribution is 2.20. The number of carbonyl (C=O) groups is 1. The SMILES string of the molecule is O=C1C=C2CCCCC2=N[NH2+]1. The smallest absolute Gasteiger partial charge is 0.224 e. The number of hydrogen-bond acceptors (Lipinski definition) is 2. The zero-order chi connectivity index (χ0) is 7.68. The summed E-state index contributed by atoms with van der Waals surface area (Å²) in [6, 6.07) is 0. The van der Waals surface area contributed by atoms with Crippen molar-refractivity contribution in [3.8, 4) is 0 Å². The highest BCUT2D eigenvalue weighted by Gasteiger charge is 2.20. The lowest BCUT2D eigenvalue weighted by atomic mass is 9.92. The highest BCUT2D eigenvalue weighted by molar-refractivity contribution is 6.05. The van der Waals surface area contributed by atoms with Crippen LogP contribution in [0.3, 0.4) is 0 Å². The Morgan fingerprint density at radius 1 is 1.36 bits per heavy atom. The summed E-state index contributed by atoms with van der Waals surface area (Å²) in [5, 5.41) is 4.11. The first-order valence-electron chi connectivity index (χ1n) is 4.01. The third-order valence-corrected chi connectivity index (χ3v) is 2.14. The van der Waals surface area contributed by atoms with Gasteiger partial charge in [0, 0.05) is 0 Å². The predicted octanol–water partition coefficient (Wildman–Crippen LogP) is -0.0536. The number of rotatable bonds is 0. The summed E-state index contributed by atoms with van der Waals surface area (Å²) in [4.78, 5) is 10.9. The van der Waals surface area contributed by atoms with Crippen LogP contribution in [0, 0.1) is 0 Å². The van der Waals surface area contributed by atoms with Crippen LogP contribution in [0.15, 0.2) is 16.8 Å². The first kappa shape index (κ1) is 6.73. The van der Waals surface area contributed by atoms with E-state index >= 15 is 0 Å². The van der Waals surface area contributed by atoms with Crippen molar-refractivity contribution >= 4 is 11.6 Å². The third-order valence-electron chi connectivity index (χ3n) is 2.14. The Hall–Kier alpha value is -0.960. The molecule has 0 aromatic carbocycles. The van der Waals surface area contributed by atoms with Gasteiger partial charge in [0.25, 0.3) is 0 Å². The minimum Gasteiger partial charge on any atom is -0.224 e. The summed E-state index contributed by atoms with van der Waals surface area (Å²) in [6.07, 6.45) is 6.24. The third kappa shape index (κ3) is 1.24. The monoisotopic (exact) mass is 151 g/mol. The number of primary amides is 1. The summed E-state index contributed by atoms with van der Waals surface area (Å²) in [7, 11) is 0. The molecule has 0 bridgehead atoms.